The van der Waals surface area contributed by atoms with Gasteiger partial charge in [0.25, 0.3) is 0 Å². The molecule has 108 valence electrons. The zero-order valence-corrected chi connectivity index (χ0v) is 13.9. The average Bonchev–Trinajstić information content (AvgIpc) is 2.57. The second-order valence-electron chi connectivity index (χ2n) is 6.99. The van der Waals surface area contributed by atoms with Crippen LogP contribution < -0.4 is 5.32 Å². The highest BCUT2D eigenvalue weighted by Gasteiger charge is 2.66. The van der Waals surface area contributed by atoms with Crippen molar-refractivity contribution in [1.82, 2.24) is 15.1 Å². The molecule has 0 radical (unpaired) electrons. The topological polar surface area (TPSA) is 29.9 Å². The fourth-order valence-electron chi connectivity index (χ4n) is 3.75. The molecule has 1 saturated carbocycles. The first-order valence-electron chi connectivity index (χ1n) is 6.99. The van der Waals surface area contributed by atoms with Crippen LogP contribution in [0.3, 0.4) is 0 Å². The van der Waals surface area contributed by atoms with Crippen LogP contribution in [0.2, 0.25) is 5.02 Å². The number of aromatic nitrogens is 2. The van der Waals surface area contributed by atoms with Crippen molar-refractivity contribution >= 4 is 11.6 Å². The van der Waals surface area contributed by atoms with Gasteiger partial charge in [-0.05, 0) is 30.7 Å². The van der Waals surface area contributed by atoms with E-state index >= 15 is 0 Å². The number of nitrogens with one attached hydrogen (secondary N) is 1. The minimum absolute atomic E-state index is 0.376. The molecule has 1 aliphatic rings. The molecule has 1 heterocycles. The van der Waals surface area contributed by atoms with Gasteiger partial charge in [-0.25, -0.2) is 0 Å². The van der Waals surface area contributed by atoms with E-state index in [-0.39, 0.29) is 0 Å². The van der Waals surface area contributed by atoms with Crippen LogP contribution in [-0.2, 0) is 13.5 Å². The van der Waals surface area contributed by atoms with Gasteiger partial charge in [-0.15, -0.1) is 0 Å². The average molecular weight is 284 g/mol. The van der Waals surface area contributed by atoms with E-state index in [1.165, 1.54) is 0 Å². The molecule has 1 aliphatic carbocycles. The Kier molecular flexibility index (Phi) is 3.51. The summed E-state index contributed by atoms with van der Waals surface area (Å²) in [5.41, 5.74) is 2.81. The lowest BCUT2D eigenvalue weighted by atomic mass is 9.99. The van der Waals surface area contributed by atoms with Crippen LogP contribution in [0.5, 0.6) is 0 Å². The Hall–Kier alpha value is -0.540. The quantitative estimate of drug-likeness (QED) is 0.920. The van der Waals surface area contributed by atoms with E-state index in [2.05, 4.69) is 38.1 Å². The Balaban J connectivity index is 2.22. The predicted molar refractivity (Wildman–Crippen MR) is 80.6 cm³/mol. The third-order valence-electron chi connectivity index (χ3n) is 5.58. The number of aryl methyl sites for hydroxylation is 2. The monoisotopic (exact) mass is 283 g/mol. The van der Waals surface area contributed by atoms with E-state index in [9.17, 15) is 0 Å². The molecule has 3 nitrogen and oxygen atoms in total. The standard InChI is InChI=1S/C15H26ClN3/c1-9-12(16)11(19(7)18-9)8-10(17-6)13-14(2,3)15(13,4)5/h10,13,17H,8H2,1-7H3. The molecule has 1 fully saturated rings. The molecular formula is C15H26ClN3. The molecule has 1 N–H and O–H groups in total. The number of halogens is 1. The van der Waals surface area contributed by atoms with Crippen molar-refractivity contribution in [3.8, 4) is 0 Å². The molecule has 0 aromatic carbocycles. The Morgan fingerprint density at radius 1 is 1.32 bits per heavy atom. The minimum Gasteiger partial charge on any atom is -0.316 e. The fourth-order valence-corrected chi connectivity index (χ4v) is 3.99. The van der Waals surface area contributed by atoms with Crippen molar-refractivity contribution in [1.29, 1.82) is 0 Å². The summed E-state index contributed by atoms with van der Waals surface area (Å²) in [5, 5.41) is 8.71. The summed E-state index contributed by atoms with van der Waals surface area (Å²) in [6, 6.07) is 0.442. The Morgan fingerprint density at radius 2 is 1.84 bits per heavy atom. The lowest BCUT2D eigenvalue weighted by Crippen LogP contribution is -2.33. The van der Waals surface area contributed by atoms with Crippen molar-refractivity contribution in [2.24, 2.45) is 23.8 Å². The predicted octanol–water partition coefficient (Wildman–Crippen LogP) is 3.19. The molecule has 0 spiro atoms. The molecule has 4 heteroatoms. The smallest absolute Gasteiger partial charge is 0.0847 e. The minimum atomic E-state index is 0.376. The molecule has 0 amide bonds. The van der Waals surface area contributed by atoms with E-state index in [1.807, 2.05) is 25.7 Å². The second kappa shape index (κ2) is 4.49. The van der Waals surface area contributed by atoms with Crippen LogP contribution in [-0.4, -0.2) is 22.9 Å². The molecule has 19 heavy (non-hydrogen) atoms. The van der Waals surface area contributed by atoms with Gasteiger partial charge >= 0.3 is 0 Å². The number of hydrogen-bond acceptors (Lipinski definition) is 2. The van der Waals surface area contributed by atoms with Gasteiger partial charge < -0.3 is 5.32 Å². The molecule has 2 rings (SSSR count). The highest BCUT2D eigenvalue weighted by Crippen LogP contribution is 2.69. The van der Waals surface area contributed by atoms with Gasteiger partial charge in [-0.3, -0.25) is 4.68 Å². The first kappa shape index (κ1) is 14.9. The molecule has 0 aliphatic heterocycles. The summed E-state index contributed by atoms with van der Waals surface area (Å²) in [6.45, 7) is 11.4. The van der Waals surface area contributed by atoms with Crippen LogP contribution >= 0.6 is 11.6 Å². The maximum absolute atomic E-state index is 6.37. The highest BCUT2D eigenvalue weighted by molar-refractivity contribution is 6.31. The van der Waals surface area contributed by atoms with Crippen molar-refractivity contribution in [2.75, 3.05) is 7.05 Å². The van der Waals surface area contributed by atoms with Crippen molar-refractivity contribution in [3.63, 3.8) is 0 Å². The van der Waals surface area contributed by atoms with Crippen LogP contribution in [0.1, 0.15) is 39.1 Å². The van der Waals surface area contributed by atoms with Gasteiger partial charge in [-0.1, -0.05) is 39.3 Å². The first-order valence-corrected chi connectivity index (χ1v) is 7.37. The van der Waals surface area contributed by atoms with Gasteiger partial charge in [0.2, 0.25) is 0 Å². The van der Waals surface area contributed by atoms with Gasteiger partial charge in [-0.2, -0.15) is 5.10 Å². The van der Waals surface area contributed by atoms with Crippen molar-refractivity contribution < 1.29 is 0 Å². The van der Waals surface area contributed by atoms with E-state index in [0.29, 0.717) is 22.8 Å². The van der Waals surface area contributed by atoms with E-state index in [1.54, 1.807) is 0 Å². The number of hydrogen-bond donors (Lipinski definition) is 1. The summed E-state index contributed by atoms with van der Waals surface area (Å²) < 4.78 is 1.92. The Bertz CT molecular complexity index is 474. The normalized spacial score (nSPS) is 22.5. The second-order valence-corrected chi connectivity index (χ2v) is 7.37. The van der Waals surface area contributed by atoms with Crippen LogP contribution in [0.4, 0.5) is 0 Å². The summed E-state index contributed by atoms with van der Waals surface area (Å²) >= 11 is 6.37. The summed E-state index contributed by atoms with van der Waals surface area (Å²) in [5.74, 6) is 0.663. The molecule has 1 atom stereocenters. The summed E-state index contributed by atoms with van der Waals surface area (Å²) in [7, 11) is 4.02. The number of likely N-dealkylation sites (N-methyl/N-ethyl adjacent to an activating group) is 1. The largest absolute Gasteiger partial charge is 0.316 e. The van der Waals surface area contributed by atoms with Crippen molar-refractivity contribution in [3.05, 3.63) is 16.4 Å². The zero-order chi connectivity index (χ0) is 14.6. The third kappa shape index (κ3) is 2.11. The van der Waals surface area contributed by atoms with Gasteiger partial charge in [0.05, 0.1) is 16.4 Å². The number of nitrogens with zero attached hydrogens (tertiary/aromatic N) is 2. The van der Waals surface area contributed by atoms with Gasteiger partial charge in [0.15, 0.2) is 0 Å². The SMILES string of the molecule is CNC(Cc1c(Cl)c(C)nn1C)C1C(C)(C)C1(C)C. The third-order valence-corrected chi connectivity index (χ3v) is 6.07. The maximum Gasteiger partial charge on any atom is 0.0847 e. The van der Waals surface area contributed by atoms with E-state index in [0.717, 1.165) is 22.8 Å². The highest BCUT2D eigenvalue weighted by atomic mass is 35.5. The zero-order valence-electron chi connectivity index (χ0n) is 13.1. The molecule has 1 aromatic heterocycles. The van der Waals surface area contributed by atoms with Crippen LogP contribution in [0.15, 0.2) is 0 Å². The molecule has 0 bridgehead atoms. The number of rotatable bonds is 4. The fraction of sp³-hybridized carbons (Fsp3) is 0.800. The van der Waals surface area contributed by atoms with Crippen molar-refractivity contribution in [2.45, 2.75) is 47.1 Å². The summed E-state index contributed by atoms with van der Waals surface area (Å²) in [4.78, 5) is 0. The summed E-state index contributed by atoms with van der Waals surface area (Å²) in [6.07, 6.45) is 0.935. The Morgan fingerprint density at radius 3 is 2.16 bits per heavy atom. The maximum atomic E-state index is 6.37. The molecule has 1 aromatic rings. The van der Waals surface area contributed by atoms with Crippen LogP contribution in [0.25, 0.3) is 0 Å². The van der Waals surface area contributed by atoms with Gasteiger partial charge in [0.1, 0.15) is 0 Å². The molecular weight excluding hydrogens is 258 g/mol. The van der Waals surface area contributed by atoms with E-state index < -0.39 is 0 Å². The first-order chi connectivity index (χ1) is 8.64. The van der Waals surface area contributed by atoms with Crippen LogP contribution in [0, 0.1) is 23.7 Å². The lowest BCUT2D eigenvalue weighted by Gasteiger charge is -2.19. The molecule has 1 unspecified atom stereocenters. The molecule has 0 saturated heterocycles. The lowest BCUT2D eigenvalue weighted by molar-refractivity contribution is 0.413. The van der Waals surface area contributed by atoms with Gasteiger partial charge in [0, 0.05) is 19.5 Å². The van der Waals surface area contributed by atoms with E-state index in [4.69, 9.17) is 11.6 Å². The Labute approximate surface area is 121 Å².